The maximum atomic E-state index is 6.08. The molecule has 0 bridgehead atoms. The lowest BCUT2D eigenvalue weighted by Gasteiger charge is -2.36. The molecule has 2 heterocycles. The van der Waals surface area contributed by atoms with E-state index in [1.54, 1.807) is 0 Å². The molecule has 0 aromatic carbocycles. The van der Waals surface area contributed by atoms with E-state index in [1.165, 1.54) is 44.9 Å². The molecule has 2 saturated heterocycles. The van der Waals surface area contributed by atoms with Crippen LogP contribution in [-0.4, -0.2) is 23.4 Å². The monoisotopic (exact) mass is 264 g/mol. The molecule has 0 N–H and O–H groups in total. The van der Waals surface area contributed by atoms with E-state index in [0.717, 1.165) is 17.8 Å². The molecule has 0 radical (unpaired) electrons. The molecule has 0 aromatic heterocycles. The summed E-state index contributed by atoms with van der Waals surface area (Å²) >= 11 is 0. The van der Waals surface area contributed by atoms with Crippen LogP contribution >= 0.6 is 0 Å². The molecular formula is C17H28O2. The van der Waals surface area contributed by atoms with Crippen LogP contribution < -0.4 is 0 Å². The lowest BCUT2D eigenvalue weighted by atomic mass is 9.65. The fraction of sp³-hybridized carbons (Fsp3) is 1.00. The first-order valence-electron chi connectivity index (χ1n) is 8.43. The van der Waals surface area contributed by atoms with E-state index in [2.05, 4.69) is 20.8 Å². The van der Waals surface area contributed by atoms with Crippen molar-refractivity contribution in [1.29, 1.82) is 0 Å². The summed E-state index contributed by atoms with van der Waals surface area (Å²) in [6, 6.07) is 0. The predicted octanol–water partition coefficient (Wildman–Crippen LogP) is 3.93. The van der Waals surface area contributed by atoms with Crippen LogP contribution in [-0.2, 0) is 9.47 Å². The highest BCUT2D eigenvalue weighted by atomic mass is 16.6. The van der Waals surface area contributed by atoms with Gasteiger partial charge in [-0.05, 0) is 57.3 Å². The average Bonchev–Trinajstić information content (AvgIpc) is 3.24. The number of hydrogen-bond donors (Lipinski definition) is 0. The standard InChI is InChI=1S/C17H28O2/c1-4-11(12-7-5-9-16(2)14(12)18-16)13-8-6-10-17(3)15(13)19-17/h11-15H,4-10H2,1-3H3. The molecule has 108 valence electrons. The topological polar surface area (TPSA) is 25.1 Å². The molecule has 2 saturated carbocycles. The Morgan fingerprint density at radius 3 is 1.84 bits per heavy atom. The highest BCUT2D eigenvalue weighted by Crippen LogP contribution is 2.59. The summed E-state index contributed by atoms with van der Waals surface area (Å²) in [4.78, 5) is 0. The summed E-state index contributed by atoms with van der Waals surface area (Å²) in [6.07, 6.45) is 10.5. The van der Waals surface area contributed by atoms with E-state index in [9.17, 15) is 0 Å². The third-order valence-electron chi connectivity index (χ3n) is 6.65. The zero-order valence-corrected chi connectivity index (χ0v) is 12.7. The van der Waals surface area contributed by atoms with Gasteiger partial charge < -0.3 is 9.47 Å². The minimum atomic E-state index is 0.249. The Hall–Kier alpha value is -0.0800. The Morgan fingerprint density at radius 1 is 0.947 bits per heavy atom. The summed E-state index contributed by atoms with van der Waals surface area (Å²) in [5, 5.41) is 0. The molecule has 4 rings (SSSR count). The second kappa shape index (κ2) is 3.98. The second-order valence-corrected chi connectivity index (χ2v) is 7.89. The van der Waals surface area contributed by atoms with Gasteiger partial charge in [-0.2, -0.15) is 0 Å². The first kappa shape index (κ1) is 12.6. The normalized spacial score (nSPS) is 57.0. The van der Waals surface area contributed by atoms with Crippen LogP contribution in [0.3, 0.4) is 0 Å². The molecule has 0 amide bonds. The van der Waals surface area contributed by atoms with Gasteiger partial charge in [0.2, 0.25) is 0 Å². The predicted molar refractivity (Wildman–Crippen MR) is 75.0 cm³/mol. The average molecular weight is 264 g/mol. The van der Waals surface area contributed by atoms with Crippen LogP contribution in [0.4, 0.5) is 0 Å². The van der Waals surface area contributed by atoms with E-state index in [-0.39, 0.29) is 11.2 Å². The minimum absolute atomic E-state index is 0.249. The van der Waals surface area contributed by atoms with Gasteiger partial charge in [0.25, 0.3) is 0 Å². The molecule has 19 heavy (non-hydrogen) atoms. The first-order chi connectivity index (χ1) is 9.07. The molecule has 2 aliphatic heterocycles. The maximum absolute atomic E-state index is 6.08. The number of epoxide rings is 2. The molecular weight excluding hydrogens is 236 g/mol. The lowest BCUT2D eigenvalue weighted by Crippen LogP contribution is -2.37. The van der Waals surface area contributed by atoms with Crippen molar-refractivity contribution >= 4 is 0 Å². The molecule has 4 fully saturated rings. The van der Waals surface area contributed by atoms with Crippen molar-refractivity contribution in [2.45, 2.75) is 89.1 Å². The van der Waals surface area contributed by atoms with E-state index in [1.807, 2.05) is 0 Å². The smallest absolute Gasteiger partial charge is 0.0923 e. The van der Waals surface area contributed by atoms with Crippen molar-refractivity contribution in [2.75, 3.05) is 0 Å². The molecule has 4 aliphatic rings. The zero-order valence-electron chi connectivity index (χ0n) is 12.7. The third kappa shape index (κ3) is 1.82. The van der Waals surface area contributed by atoms with Gasteiger partial charge in [0.15, 0.2) is 0 Å². The minimum Gasteiger partial charge on any atom is -0.366 e. The largest absolute Gasteiger partial charge is 0.366 e. The zero-order chi connectivity index (χ0) is 13.3. The van der Waals surface area contributed by atoms with Gasteiger partial charge >= 0.3 is 0 Å². The van der Waals surface area contributed by atoms with Crippen LogP contribution in [0.25, 0.3) is 0 Å². The number of ether oxygens (including phenoxy) is 2. The third-order valence-corrected chi connectivity index (χ3v) is 6.65. The fourth-order valence-corrected chi connectivity index (χ4v) is 5.48. The molecule has 0 spiro atoms. The van der Waals surface area contributed by atoms with Gasteiger partial charge in [-0.3, -0.25) is 0 Å². The van der Waals surface area contributed by atoms with Crippen LogP contribution in [0, 0.1) is 17.8 Å². The highest BCUT2D eigenvalue weighted by Gasteiger charge is 2.64. The van der Waals surface area contributed by atoms with E-state index >= 15 is 0 Å². The Balaban J connectivity index is 1.52. The Kier molecular flexibility index (Phi) is 2.65. The van der Waals surface area contributed by atoms with Crippen molar-refractivity contribution in [3.05, 3.63) is 0 Å². The van der Waals surface area contributed by atoms with Crippen molar-refractivity contribution in [3.63, 3.8) is 0 Å². The lowest BCUT2D eigenvalue weighted by molar-refractivity contribution is 0.129. The van der Waals surface area contributed by atoms with Crippen molar-refractivity contribution < 1.29 is 9.47 Å². The molecule has 2 nitrogen and oxygen atoms in total. The van der Waals surface area contributed by atoms with E-state index < -0.39 is 0 Å². The molecule has 2 heteroatoms. The summed E-state index contributed by atoms with van der Waals surface area (Å²) in [5.74, 6) is 2.44. The van der Waals surface area contributed by atoms with E-state index in [4.69, 9.17) is 9.47 Å². The fourth-order valence-electron chi connectivity index (χ4n) is 5.48. The maximum Gasteiger partial charge on any atom is 0.0923 e. The SMILES string of the molecule is CCC(C1CCCC2(C)OC12)C1CCCC2(C)OC12. The quantitative estimate of drug-likeness (QED) is 0.722. The summed E-state index contributed by atoms with van der Waals surface area (Å²) in [7, 11) is 0. The summed E-state index contributed by atoms with van der Waals surface area (Å²) < 4.78 is 12.2. The van der Waals surface area contributed by atoms with Gasteiger partial charge in [0.05, 0.1) is 23.4 Å². The van der Waals surface area contributed by atoms with Crippen LogP contribution in [0.2, 0.25) is 0 Å². The van der Waals surface area contributed by atoms with Crippen LogP contribution in [0.15, 0.2) is 0 Å². The van der Waals surface area contributed by atoms with Crippen LogP contribution in [0.5, 0.6) is 0 Å². The highest BCUT2D eigenvalue weighted by molar-refractivity contribution is 5.12. The van der Waals surface area contributed by atoms with Gasteiger partial charge in [-0.25, -0.2) is 0 Å². The Bertz CT molecular complexity index is 347. The van der Waals surface area contributed by atoms with Crippen LogP contribution in [0.1, 0.15) is 65.7 Å². The van der Waals surface area contributed by atoms with Gasteiger partial charge in [-0.15, -0.1) is 0 Å². The number of fused-ring (bicyclic) bond motifs is 2. The van der Waals surface area contributed by atoms with E-state index in [0.29, 0.717) is 12.2 Å². The summed E-state index contributed by atoms with van der Waals surface area (Å²) in [5.41, 5.74) is 0.497. The number of hydrogen-bond acceptors (Lipinski definition) is 2. The second-order valence-electron chi connectivity index (χ2n) is 7.89. The Labute approximate surface area is 117 Å². The Morgan fingerprint density at radius 2 is 1.42 bits per heavy atom. The first-order valence-corrected chi connectivity index (χ1v) is 8.43. The summed E-state index contributed by atoms with van der Waals surface area (Å²) in [6.45, 7) is 7.04. The van der Waals surface area contributed by atoms with Crippen molar-refractivity contribution in [3.8, 4) is 0 Å². The van der Waals surface area contributed by atoms with Crippen molar-refractivity contribution in [2.24, 2.45) is 17.8 Å². The van der Waals surface area contributed by atoms with Gasteiger partial charge in [-0.1, -0.05) is 26.2 Å². The number of rotatable bonds is 3. The van der Waals surface area contributed by atoms with Crippen molar-refractivity contribution in [1.82, 2.24) is 0 Å². The molecule has 0 aromatic rings. The van der Waals surface area contributed by atoms with Gasteiger partial charge in [0, 0.05) is 0 Å². The van der Waals surface area contributed by atoms with Gasteiger partial charge in [0.1, 0.15) is 0 Å². The molecule has 2 aliphatic carbocycles. The molecule has 6 atom stereocenters. The molecule has 6 unspecified atom stereocenters.